The number of methoxy groups -OCH3 is 2. The first-order valence-corrected chi connectivity index (χ1v) is 11.5. The van der Waals surface area contributed by atoms with Crippen molar-refractivity contribution in [2.75, 3.05) is 27.4 Å². The van der Waals surface area contributed by atoms with Crippen LogP contribution in [-0.4, -0.2) is 45.5 Å². The van der Waals surface area contributed by atoms with Crippen LogP contribution >= 0.6 is 0 Å². The number of esters is 1. The van der Waals surface area contributed by atoms with Crippen molar-refractivity contribution in [1.82, 2.24) is 0 Å². The predicted molar refractivity (Wildman–Crippen MR) is 123 cm³/mol. The number of hydrogen-bond donors (Lipinski definition) is 0. The van der Waals surface area contributed by atoms with E-state index in [9.17, 15) is 4.79 Å². The van der Waals surface area contributed by atoms with Crippen molar-refractivity contribution in [2.24, 2.45) is 23.7 Å². The minimum atomic E-state index is -0.400. The topological polar surface area (TPSA) is 77.8 Å². The van der Waals surface area contributed by atoms with Crippen LogP contribution in [0.4, 0.5) is 0 Å². The van der Waals surface area contributed by atoms with Crippen molar-refractivity contribution >= 4 is 5.97 Å². The number of cyclic esters (lactones) is 1. The smallest absolute Gasteiger partial charge is 0.309 e. The van der Waals surface area contributed by atoms with Crippen molar-refractivity contribution in [3.63, 3.8) is 0 Å². The van der Waals surface area contributed by atoms with Gasteiger partial charge in [-0.25, -0.2) is 0 Å². The third-order valence-electron chi connectivity index (χ3n) is 6.29. The van der Waals surface area contributed by atoms with E-state index in [-0.39, 0.29) is 45.0 Å². The van der Waals surface area contributed by atoms with Gasteiger partial charge in [-0.1, -0.05) is 46.2 Å². The minimum absolute atomic E-state index is 0. The molecule has 1 aliphatic rings. The van der Waals surface area contributed by atoms with E-state index in [0.29, 0.717) is 37.9 Å². The molecule has 1 N–H and O–H groups in total. The Labute approximate surface area is 208 Å². The van der Waals surface area contributed by atoms with Gasteiger partial charge in [-0.15, -0.1) is 0 Å². The van der Waals surface area contributed by atoms with Gasteiger partial charge in [0, 0.05) is 41.2 Å². The van der Waals surface area contributed by atoms with Gasteiger partial charge in [-0.2, -0.15) is 0 Å². The molecule has 7 heteroatoms. The van der Waals surface area contributed by atoms with E-state index >= 15 is 0 Å². The molecule has 32 heavy (non-hydrogen) atoms. The Morgan fingerprint density at radius 1 is 1.12 bits per heavy atom. The summed E-state index contributed by atoms with van der Waals surface area (Å²) in [5, 5.41) is 0. The third-order valence-corrected chi connectivity index (χ3v) is 6.29. The second-order valence-corrected chi connectivity index (χ2v) is 9.29. The Bertz CT molecular complexity index is 697. The summed E-state index contributed by atoms with van der Waals surface area (Å²) in [4.78, 5) is 12.1. The number of rotatable bonds is 13. The Kier molecular flexibility index (Phi) is 12.9. The summed E-state index contributed by atoms with van der Waals surface area (Å²) < 4.78 is 22.0. The monoisotopic (exact) mass is 618 g/mol. The summed E-state index contributed by atoms with van der Waals surface area (Å²) in [6, 6.07) is 5.66. The summed E-state index contributed by atoms with van der Waals surface area (Å²) >= 11 is 0. The molecular weight excluding hydrogens is 578 g/mol. The maximum Gasteiger partial charge on any atom is 0.309 e. The number of carbonyl (C=O) groups is 1. The van der Waals surface area contributed by atoms with Gasteiger partial charge in [0.15, 0.2) is 11.5 Å². The van der Waals surface area contributed by atoms with Crippen molar-refractivity contribution < 1.29 is 44.8 Å². The zero-order chi connectivity index (χ0) is 23.0. The first kappa shape index (κ1) is 28.9. The van der Waals surface area contributed by atoms with Crippen LogP contribution < -0.4 is 9.47 Å². The van der Waals surface area contributed by atoms with Crippen molar-refractivity contribution in [2.45, 2.75) is 65.5 Å². The fraction of sp³-hybridized carbons (Fsp3) is 0.720. The number of ether oxygens (including phenoxy) is 4. The molecule has 1 saturated heterocycles. The normalized spacial score (nSPS) is 20.1. The van der Waals surface area contributed by atoms with Crippen molar-refractivity contribution in [3.8, 4) is 11.5 Å². The standard InChI is InChI=1S/C25H40NO5.W/c1-16(2)19(14-21(26)23-15-20(17(3)4)25(27)31-23)12-18-8-9-22(29-6)24(13-18)30-11-7-10-28-5;/h8-9,13,16-17,19-21,23,26H,7,10-12,14-15H2,1-6H3;/q-1;/t19?,20-,21?,23?;/m0./s1. The molecule has 1 heterocycles. The largest absolute Gasteiger partial charge is 0.672 e. The van der Waals surface area contributed by atoms with Crippen LogP contribution in [0.2, 0.25) is 0 Å². The van der Waals surface area contributed by atoms with E-state index in [2.05, 4.69) is 19.9 Å². The van der Waals surface area contributed by atoms with Crippen LogP contribution in [0, 0.1) is 23.7 Å². The van der Waals surface area contributed by atoms with Gasteiger partial charge < -0.3 is 24.7 Å². The van der Waals surface area contributed by atoms with Gasteiger partial charge in [-0.3, -0.25) is 4.79 Å². The molecule has 182 valence electrons. The fourth-order valence-corrected chi connectivity index (χ4v) is 4.14. The predicted octanol–water partition coefficient (Wildman–Crippen LogP) is 5.32. The second-order valence-electron chi connectivity index (χ2n) is 9.29. The number of hydrogen-bond acceptors (Lipinski definition) is 5. The van der Waals surface area contributed by atoms with Crippen LogP contribution in [0.1, 0.15) is 52.5 Å². The molecule has 3 unspecified atom stereocenters. The summed E-state index contributed by atoms with van der Waals surface area (Å²) in [6.07, 6.45) is 2.74. The molecule has 0 spiro atoms. The van der Waals surface area contributed by atoms with E-state index in [0.717, 1.165) is 29.9 Å². The van der Waals surface area contributed by atoms with Gasteiger partial charge in [0.25, 0.3) is 0 Å². The number of nitrogens with one attached hydrogen (secondary N) is 1. The first-order valence-electron chi connectivity index (χ1n) is 11.5. The first-order chi connectivity index (χ1) is 14.8. The molecule has 2 rings (SSSR count). The van der Waals surface area contributed by atoms with Gasteiger partial charge in [0.05, 0.1) is 25.7 Å². The van der Waals surface area contributed by atoms with E-state index in [4.69, 9.17) is 24.7 Å². The van der Waals surface area contributed by atoms with E-state index in [1.165, 1.54) is 0 Å². The maximum atomic E-state index is 12.1. The number of benzene rings is 1. The van der Waals surface area contributed by atoms with E-state index in [1.807, 2.05) is 26.0 Å². The SMILES string of the molecule is COCCCOc1cc(CC(CC([NH-])C2C[C@@H](C(C)C)C(=O)O2)C(C)C)ccc1OC.[W]. The molecule has 1 aromatic rings. The Hall–Kier alpha value is -1.10. The molecule has 0 saturated carbocycles. The Balaban J connectivity index is 0.00000512. The van der Waals surface area contributed by atoms with Crippen LogP contribution in [0.25, 0.3) is 5.73 Å². The quantitative estimate of drug-likeness (QED) is 0.221. The van der Waals surface area contributed by atoms with Gasteiger partial charge in [-0.05, 0) is 48.3 Å². The van der Waals surface area contributed by atoms with Gasteiger partial charge >= 0.3 is 5.97 Å². The van der Waals surface area contributed by atoms with E-state index < -0.39 is 6.04 Å². The molecule has 1 aromatic carbocycles. The zero-order valence-electron chi connectivity index (χ0n) is 20.4. The molecule has 1 aliphatic heterocycles. The molecule has 0 aromatic heterocycles. The molecule has 6 nitrogen and oxygen atoms in total. The van der Waals surface area contributed by atoms with Gasteiger partial charge in [0.2, 0.25) is 0 Å². The average Bonchev–Trinajstić information content (AvgIpc) is 3.13. The molecule has 4 atom stereocenters. The molecule has 0 aliphatic carbocycles. The fourth-order valence-electron chi connectivity index (χ4n) is 4.14. The molecule has 1 fully saturated rings. The van der Waals surface area contributed by atoms with Crippen LogP contribution in [0.3, 0.4) is 0 Å². The number of carbonyl (C=O) groups excluding carboxylic acids is 1. The maximum absolute atomic E-state index is 12.1. The average molecular weight is 618 g/mol. The molecule has 0 amide bonds. The summed E-state index contributed by atoms with van der Waals surface area (Å²) in [5.74, 6) is 2.24. The van der Waals surface area contributed by atoms with Crippen LogP contribution in [-0.2, 0) is 41.8 Å². The zero-order valence-corrected chi connectivity index (χ0v) is 23.3. The summed E-state index contributed by atoms with van der Waals surface area (Å²) in [6.45, 7) is 9.71. The minimum Gasteiger partial charge on any atom is -0.672 e. The Morgan fingerprint density at radius 3 is 2.41 bits per heavy atom. The van der Waals surface area contributed by atoms with Gasteiger partial charge in [0.1, 0.15) is 0 Å². The second kappa shape index (κ2) is 14.2. The summed E-state index contributed by atoms with van der Waals surface area (Å²) in [7, 11) is 3.33. The van der Waals surface area contributed by atoms with Crippen molar-refractivity contribution in [3.05, 3.63) is 29.5 Å². The third kappa shape index (κ3) is 8.35. The van der Waals surface area contributed by atoms with Crippen molar-refractivity contribution in [1.29, 1.82) is 0 Å². The molecule has 0 bridgehead atoms. The van der Waals surface area contributed by atoms with Crippen LogP contribution in [0.5, 0.6) is 11.5 Å². The van der Waals surface area contributed by atoms with Crippen LogP contribution in [0.15, 0.2) is 18.2 Å². The van der Waals surface area contributed by atoms with E-state index in [1.54, 1.807) is 14.2 Å². The summed E-state index contributed by atoms with van der Waals surface area (Å²) in [5.41, 5.74) is 9.85. The Morgan fingerprint density at radius 2 is 1.84 bits per heavy atom. The molecule has 0 radical (unpaired) electrons. The molecular formula is C25H40NO5W-.